The highest BCUT2D eigenvalue weighted by atomic mass is 32.1. The van der Waals surface area contributed by atoms with Gasteiger partial charge in [0.15, 0.2) is 5.82 Å². The van der Waals surface area contributed by atoms with Crippen molar-refractivity contribution in [1.82, 2.24) is 9.36 Å². The first-order chi connectivity index (χ1) is 5.77. The average Bonchev–Trinajstić information content (AvgIpc) is 2.47. The standard InChI is InChI=1S/C8H14N2OS/c1-4-7(11-5-2)8-9-6(3)12-10-8/h7H,4-5H2,1-3H3. The number of hydrogen-bond acceptors (Lipinski definition) is 4. The van der Waals surface area contributed by atoms with E-state index in [4.69, 9.17) is 4.74 Å². The minimum absolute atomic E-state index is 0.0833. The van der Waals surface area contributed by atoms with Crippen molar-refractivity contribution in [2.75, 3.05) is 6.61 Å². The molecule has 68 valence electrons. The summed E-state index contributed by atoms with van der Waals surface area (Å²) in [6.45, 7) is 6.75. The molecule has 0 bridgehead atoms. The zero-order chi connectivity index (χ0) is 8.97. The molecular formula is C8H14N2OS. The molecule has 0 amide bonds. The van der Waals surface area contributed by atoms with Crippen molar-refractivity contribution >= 4 is 11.5 Å². The molecule has 1 unspecified atom stereocenters. The molecule has 0 saturated carbocycles. The maximum atomic E-state index is 5.47. The molecule has 12 heavy (non-hydrogen) atoms. The lowest BCUT2D eigenvalue weighted by Gasteiger charge is -2.09. The summed E-state index contributed by atoms with van der Waals surface area (Å²) in [5.74, 6) is 0.835. The largest absolute Gasteiger partial charge is 0.370 e. The molecule has 0 aliphatic rings. The fraction of sp³-hybridized carbons (Fsp3) is 0.750. The van der Waals surface area contributed by atoms with Gasteiger partial charge in [0, 0.05) is 6.61 Å². The number of aromatic nitrogens is 2. The summed E-state index contributed by atoms with van der Waals surface area (Å²) in [6.07, 6.45) is 1.02. The molecule has 3 nitrogen and oxygen atoms in total. The van der Waals surface area contributed by atoms with Crippen LogP contribution in [0.15, 0.2) is 0 Å². The van der Waals surface area contributed by atoms with E-state index in [1.165, 1.54) is 11.5 Å². The van der Waals surface area contributed by atoms with Crippen LogP contribution >= 0.6 is 11.5 Å². The van der Waals surface area contributed by atoms with Gasteiger partial charge in [0.05, 0.1) is 0 Å². The van der Waals surface area contributed by atoms with Crippen LogP contribution in [0.25, 0.3) is 0 Å². The Kier molecular flexibility index (Phi) is 3.62. The van der Waals surface area contributed by atoms with E-state index in [1.54, 1.807) is 0 Å². The number of hydrogen-bond donors (Lipinski definition) is 0. The Bertz CT molecular complexity index is 237. The minimum atomic E-state index is 0.0833. The van der Waals surface area contributed by atoms with E-state index in [1.807, 2.05) is 13.8 Å². The molecule has 0 aliphatic heterocycles. The van der Waals surface area contributed by atoms with E-state index >= 15 is 0 Å². The van der Waals surface area contributed by atoms with Crippen LogP contribution in [0.3, 0.4) is 0 Å². The highest BCUT2D eigenvalue weighted by molar-refractivity contribution is 7.05. The lowest BCUT2D eigenvalue weighted by atomic mass is 10.2. The third-order valence-corrected chi connectivity index (χ3v) is 2.20. The fourth-order valence-electron chi connectivity index (χ4n) is 1.02. The molecular weight excluding hydrogens is 172 g/mol. The monoisotopic (exact) mass is 186 g/mol. The molecule has 0 radical (unpaired) electrons. The van der Waals surface area contributed by atoms with Gasteiger partial charge in [-0.25, -0.2) is 4.98 Å². The molecule has 0 fully saturated rings. The predicted octanol–water partition coefficient (Wildman–Crippen LogP) is 2.33. The second-order valence-corrected chi connectivity index (χ2v) is 3.48. The van der Waals surface area contributed by atoms with E-state index in [2.05, 4.69) is 16.3 Å². The summed E-state index contributed by atoms with van der Waals surface area (Å²) in [7, 11) is 0. The average molecular weight is 186 g/mol. The van der Waals surface area contributed by atoms with Gasteiger partial charge in [-0.15, -0.1) is 0 Å². The lowest BCUT2D eigenvalue weighted by molar-refractivity contribution is 0.0543. The molecule has 1 rings (SSSR count). The molecule has 1 heterocycles. The van der Waals surface area contributed by atoms with Gasteiger partial charge in [0.2, 0.25) is 0 Å². The first-order valence-electron chi connectivity index (χ1n) is 4.19. The summed E-state index contributed by atoms with van der Waals surface area (Å²) in [5, 5.41) is 1.00. The molecule has 0 saturated heterocycles. The zero-order valence-corrected chi connectivity index (χ0v) is 8.52. The van der Waals surface area contributed by atoms with Crippen LogP contribution in [0.1, 0.15) is 37.2 Å². The number of aryl methyl sites for hydroxylation is 1. The van der Waals surface area contributed by atoms with Gasteiger partial charge in [-0.3, -0.25) is 0 Å². The smallest absolute Gasteiger partial charge is 0.171 e. The quantitative estimate of drug-likeness (QED) is 0.724. The highest BCUT2D eigenvalue weighted by Gasteiger charge is 2.13. The van der Waals surface area contributed by atoms with Crippen molar-refractivity contribution in [3.05, 3.63) is 10.8 Å². The van der Waals surface area contributed by atoms with E-state index < -0.39 is 0 Å². The van der Waals surface area contributed by atoms with Crippen LogP contribution < -0.4 is 0 Å². The normalized spacial score (nSPS) is 13.2. The van der Waals surface area contributed by atoms with Gasteiger partial charge < -0.3 is 4.74 Å². The van der Waals surface area contributed by atoms with Crippen LogP contribution in [-0.4, -0.2) is 16.0 Å². The molecule has 1 atom stereocenters. The van der Waals surface area contributed by atoms with Gasteiger partial charge >= 0.3 is 0 Å². The van der Waals surface area contributed by atoms with E-state index in [0.29, 0.717) is 0 Å². The minimum Gasteiger partial charge on any atom is -0.370 e. The fourth-order valence-corrected chi connectivity index (χ4v) is 1.54. The van der Waals surface area contributed by atoms with Gasteiger partial charge in [0.25, 0.3) is 0 Å². The summed E-state index contributed by atoms with van der Waals surface area (Å²) >= 11 is 1.43. The van der Waals surface area contributed by atoms with Crippen LogP contribution in [0, 0.1) is 6.92 Å². The highest BCUT2D eigenvalue weighted by Crippen LogP contribution is 2.18. The van der Waals surface area contributed by atoms with Crippen molar-refractivity contribution in [1.29, 1.82) is 0 Å². The number of rotatable bonds is 4. The lowest BCUT2D eigenvalue weighted by Crippen LogP contribution is -2.04. The van der Waals surface area contributed by atoms with Gasteiger partial charge in [-0.1, -0.05) is 6.92 Å². The number of ether oxygens (including phenoxy) is 1. The molecule has 0 aliphatic carbocycles. The van der Waals surface area contributed by atoms with E-state index in [0.717, 1.165) is 23.9 Å². The maximum Gasteiger partial charge on any atom is 0.171 e. The summed E-state index contributed by atoms with van der Waals surface area (Å²) in [6, 6.07) is 0. The maximum absolute atomic E-state index is 5.47. The molecule has 0 spiro atoms. The predicted molar refractivity (Wildman–Crippen MR) is 49.3 cm³/mol. The summed E-state index contributed by atoms with van der Waals surface area (Å²) in [5.41, 5.74) is 0. The molecule has 1 aromatic heterocycles. The van der Waals surface area contributed by atoms with Crippen molar-refractivity contribution in [3.63, 3.8) is 0 Å². The van der Waals surface area contributed by atoms with Crippen LogP contribution in [0.2, 0.25) is 0 Å². The Hall–Kier alpha value is -0.480. The third-order valence-electron chi connectivity index (χ3n) is 1.57. The van der Waals surface area contributed by atoms with Crippen molar-refractivity contribution in [3.8, 4) is 0 Å². The van der Waals surface area contributed by atoms with Gasteiger partial charge in [-0.2, -0.15) is 4.37 Å². The third kappa shape index (κ3) is 2.25. The van der Waals surface area contributed by atoms with Crippen LogP contribution in [-0.2, 0) is 4.74 Å². The van der Waals surface area contributed by atoms with Crippen LogP contribution in [0.5, 0.6) is 0 Å². The summed E-state index contributed by atoms with van der Waals surface area (Å²) < 4.78 is 9.68. The van der Waals surface area contributed by atoms with Crippen molar-refractivity contribution < 1.29 is 4.74 Å². The number of nitrogens with zero attached hydrogens (tertiary/aromatic N) is 2. The Labute approximate surface area is 77.0 Å². The molecule has 0 N–H and O–H groups in total. The topological polar surface area (TPSA) is 35.0 Å². The van der Waals surface area contributed by atoms with Gasteiger partial charge in [-0.05, 0) is 31.8 Å². The van der Waals surface area contributed by atoms with E-state index in [-0.39, 0.29) is 6.10 Å². The Morgan fingerprint density at radius 3 is 2.67 bits per heavy atom. The van der Waals surface area contributed by atoms with E-state index in [9.17, 15) is 0 Å². The Balaban J connectivity index is 2.66. The first-order valence-corrected chi connectivity index (χ1v) is 4.97. The SMILES string of the molecule is CCOC(CC)c1nsc(C)n1. The second kappa shape index (κ2) is 4.52. The first kappa shape index (κ1) is 9.61. The summed E-state index contributed by atoms with van der Waals surface area (Å²) in [4.78, 5) is 4.28. The molecule has 4 heteroatoms. The molecule has 1 aromatic rings. The zero-order valence-electron chi connectivity index (χ0n) is 7.70. The van der Waals surface area contributed by atoms with Gasteiger partial charge in [0.1, 0.15) is 11.1 Å². The Morgan fingerprint density at radius 1 is 1.50 bits per heavy atom. The van der Waals surface area contributed by atoms with Crippen molar-refractivity contribution in [2.45, 2.75) is 33.3 Å². The molecule has 0 aromatic carbocycles. The Morgan fingerprint density at radius 2 is 2.25 bits per heavy atom. The van der Waals surface area contributed by atoms with Crippen LogP contribution in [0.4, 0.5) is 0 Å². The second-order valence-electron chi connectivity index (χ2n) is 2.52. The van der Waals surface area contributed by atoms with Crippen molar-refractivity contribution in [2.24, 2.45) is 0 Å².